The third kappa shape index (κ3) is 8.83. The van der Waals surface area contributed by atoms with Gasteiger partial charge in [-0.2, -0.15) is 0 Å². The van der Waals surface area contributed by atoms with Crippen LogP contribution in [0.5, 0.6) is 0 Å². The van der Waals surface area contributed by atoms with Crippen molar-refractivity contribution in [2.45, 2.75) is 0 Å². The van der Waals surface area contributed by atoms with Crippen LogP contribution in [0.4, 0.5) is 0 Å². The molecular formula is BFeNdNi. The summed E-state index contributed by atoms with van der Waals surface area (Å²) in [6, 6.07) is 0. The Bertz CT molecular complexity index is 8.00. The smallest absolute Gasteiger partial charge is 0 e. The zero-order valence-electron chi connectivity index (χ0n) is 1.75. The van der Waals surface area contributed by atoms with Gasteiger partial charge in [-0.3, -0.25) is 0 Å². The van der Waals surface area contributed by atoms with Crippen LogP contribution >= 0.6 is 0 Å². The third-order valence-electron chi connectivity index (χ3n) is 0. The molecule has 4 heavy (non-hydrogen) atoms. The largest absolute Gasteiger partial charge is 0 e. The maximum Gasteiger partial charge on any atom is 0 e. The van der Waals surface area contributed by atoms with Crippen molar-refractivity contribution in [3.8, 4) is 0 Å². The second-order valence-electron chi connectivity index (χ2n) is 0. The van der Waals surface area contributed by atoms with Gasteiger partial charge in [-0.25, -0.2) is 0 Å². The molecule has 0 nitrogen and oxygen atoms in total. The summed E-state index contributed by atoms with van der Waals surface area (Å²) < 4.78 is 0. The van der Waals surface area contributed by atoms with Gasteiger partial charge >= 0.3 is 0 Å². The molecule has 0 N–H and O–H groups in total. The van der Waals surface area contributed by atoms with E-state index in [1.807, 2.05) is 0 Å². The van der Waals surface area contributed by atoms with Crippen molar-refractivity contribution in [3.63, 3.8) is 0 Å². The molecule has 0 aromatic rings. The van der Waals surface area contributed by atoms with Crippen LogP contribution in [0.15, 0.2) is 0 Å². The Hall–Kier alpha value is 2.43. The van der Waals surface area contributed by atoms with Gasteiger partial charge in [0, 0.05) is 82.8 Å². The van der Waals surface area contributed by atoms with Crippen LogP contribution in [0.25, 0.3) is 0 Å². The molecule has 0 aliphatic heterocycles. The molecule has 0 amide bonds. The number of hydrogen-bond acceptors (Lipinski definition) is 0. The summed E-state index contributed by atoms with van der Waals surface area (Å²) in [5.41, 5.74) is 0. The molecule has 0 aromatic heterocycles. The van der Waals surface area contributed by atoms with Crippen molar-refractivity contribution >= 4 is 8.41 Å². The molecule has 0 saturated carbocycles. The van der Waals surface area contributed by atoms with Gasteiger partial charge in [0.05, 0.1) is 0 Å². The van der Waals surface area contributed by atoms with E-state index in [0.29, 0.717) is 0 Å². The van der Waals surface area contributed by atoms with Gasteiger partial charge in [-0.1, -0.05) is 0 Å². The van der Waals surface area contributed by atoms with E-state index >= 15 is 0 Å². The Morgan fingerprint density at radius 1 is 1.00 bits per heavy atom. The summed E-state index contributed by atoms with van der Waals surface area (Å²) in [5.74, 6) is 0. The first-order chi connectivity index (χ1) is 0. The molecule has 0 unspecified atom stereocenters. The zero-order valence-corrected chi connectivity index (χ0v) is 7.05. The third-order valence-corrected chi connectivity index (χ3v) is 0. The van der Waals surface area contributed by atoms with Gasteiger partial charge < -0.3 is 0 Å². The van der Waals surface area contributed by atoms with Crippen molar-refractivity contribution in [2.24, 2.45) is 0 Å². The van der Waals surface area contributed by atoms with E-state index in [0.717, 1.165) is 0 Å². The SMILES string of the molecule is [B].[Fe].[Nd].[Ni]. The van der Waals surface area contributed by atoms with Gasteiger partial charge in [-0.15, -0.1) is 0 Å². The fourth-order valence-corrected chi connectivity index (χ4v) is 0. The summed E-state index contributed by atoms with van der Waals surface area (Å²) in [6.07, 6.45) is 0. The van der Waals surface area contributed by atoms with Crippen LogP contribution in [-0.2, 0) is 33.6 Å². The molecule has 0 saturated heterocycles. The standard InChI is InChI=1S/B.Fe.Nd.Ni. The first-order valence-corrected chi connectivity index (χ1v) is 0. The number of rotatable bonds is 0. The van der Waals surface area contributed by atoms with E-state index in [9.17, 15) is 0 Å². The van der Waals surface area contributed by atoms with Gasteiger partial charge in [-0.05, 0) is 0 Å². The fourth-order valence-electron chi connectivity index (χ4n) is 0. The van der Waals surface area contributed by atoms with E-state index < -0.39 is 0 Å². The minimum absolute atomic E-state index is 0. The second kappa shape index (κ2) is 18.1. The Kier molecular flexibility index (Phi) is 145. The Labute approximate surface area is 81.4 Å². The van der Waals surface area contributed by atoms with E-state index in [2.05, 4.69) is 0 Å². The maximum absolute atomic E-state index is 0. The quantitative estimate of drug-likeness (QED) is 0.526. The Morgan fingerprint density at radius 3 is 1.00 bits per heavy atom. The average Bonchev–Trinajstić information content (AvgIpc) is 0. The van der Waals surface area contributed by atoms with Crippen LogP contribution in [-0.4, -0.2) is 8.41 Å². The predicted molar refractivity (Wildman–Crippen MR) is 5.75 cm³/mol. The van der Waals surface area contributed by atoms with Crippen molar-refractivity contribution in [3.05, 3.63) is 0 Å². The van der Waals surface area contributed by atoms with Crippen molar-refractivity contribution in [1.82, 2.24) is 0 Å². The minimum Gasteiger partial charge on any atom is 0 e. The van der Waals surface area contributed by atoms with Gasteiger partial charge in [0.15, 0.2) is 0 Å². The van der Waals surface area contributed by atoms with E-state index in [1.54, 1.807) is 0 Å². The summed E-state index contributed by atoms with van der Waals surface area (Å²) in [4.78, 5) is 0. The molecule has 0 bridgehead atoms. The van der Waals surface area contributed by atoms with E-state index in [4.69, 9.17) is 0 Å². The first-order valence-electron chi connectivity index (χ1n) is 0. The second-order valence-corrected chi connectivity index (χ2v) is 0. The zero-order chi connectivity index (χ0) is 0. The molecule has 0 spiro atoms. The monoisotopic (exact) mass is 267 g/mol. The van der Waals surface area contributed by atoms with Crippen molar-refractivity contribution in [1.29, 1.82) is 0 Å². The number of hydrogen-bond donors (Lipinski definition) is 0. The summed E-state index contributed by atoms with van der Waals surface area (Å²) in [6.45, 7) is 0. The Morgan fingerprint density at radius 2 is 1.00 bits per heavy atom. The average molecular weight is 270 g/mol. The summed E-state index contributed by atoms with van der Waals surface area (Å²) in [7, 11) is 0. The van der Waals surface area contributed by atoms with Crippen LogP contribution < -0.4 is 0 Å². The molecule has 0 aliphatic rings. The first kappa shape index (κ1) is 32.1. The topological polar surface area (TPSA) is 0 Å². The van der Waals surface area contributed by atoms with Crippen LogP contribution in [0.1, 0.15) is 0 Å². The molecule has 0 rings (SSSR count). The molecule has 0 aliphatic carbocycles. The fraction of sp³-hybridized carbons (Fsp3) is 0. The van der Waals surface area contributed by atoms with Crippen LogP contribution in [0.2, 0.25) is 0 Å². The normalized spacial score (nSPS) is 0. The summed E-state index contributed by atoms with van der Waals surface area (Å²) in [5, 5.41) is 0. The Balaban J connectivity index is 0. The molecule has 0 atom stereocenters. The molecule has 3 radical (unpaired) electrons. The van der Waals surface area contributed by atoms with Crippen molar-refractivity contribution < 1.29 is 74.4 Å². The van der Waals surface area contributed by atoms with Crippen LogP contribution in [0.3, 0.4) is 0 Å². The molecular weight excluding hydrogens is 270 g/mol. The minimum atomic E-state index is 0. The van der Waals surface area contributed by atoms with Crippen LogP contribution in [0, 0.1) is 40.8 Å². The van der Waals surface area contributed by atoms with E-state index in [1.165, 1.54) is 0 Å². The molecule has 0 aromatic carbocycles. The maximum atomic E-state index is 0. The van der Waals surface area contributed by atoms with Gasteiger partial charge in [0.2, 0.25) is 0 Å². The van der Waals surface area contributed by atoms with Crippen molar-refractivity contribution in [2.75, 3.05) is 0 Å². The molecule has 4 heteroatoms. The predicted octanol–water partition coefficient (Wildman–Crippen LogP) is -0.386. The van der Waals surface area contributed by atoms with Gasteiger partial charge in [0.25, 0.3) is 0 Å². The van der Waals surface area contributed by atoms with Gasteiger partial charge in [0.1, 0.15) is 0 Å². The summed E-state index contributed by atoms with van der Waals surface area (Å²) >= 11 is 0. The molecule has 0 heterocycles. The molecule has 25 valence electrons. The molecule has 0 fully saturated rings. The van der Waals surface area contributed by atoms with E-state index in [-0.39, 0.29) is 82.8 Å².